The number of sulfone groups is 1. The van der Waals surface area contributed by atoms with Crippen LogP contribution in [0.3, 0.4) is 0 Å². The van der Waals surface area contributed by atoms with Crippen molar-refractivity contribution in [2.45, 2.75) is 39.3 Å². The van der Waals surface area contributed by atoms with E-state index >= 15 is 0 Å². The Kier molecular flexibility index (Phi) is 7.22. The molecule has 0 aliphatic carbocycles. The van der Waals surface area contributed by atoms with Crippen molar-refractivity contribution in [1.82, 2.24) is 10.2 Å². The van der Waals surface area contributed by atoms with Crippen molar-refractivity contribution in [3.63, 3.8) is 0 Å². The van der Waals surface area contributed by atoms with Gasteiger partial charge in [-0.05, 0) is 31.4 Å². The number of ether oxygens (including phenoxy) is 1. The number of carbonyl (C=O) groups excluding carboxylic acids is 3. The number of hydrogen-bond donors (Lipinski definition) is 1. The molecule has 2 heterocycles. The highest BCUT2D eigenvalue weighted by Gasteiger charge is 2.34. The molecule has 0 bridgehead atoms. The molecule has 0 saturated carbocycles. The second-order valence-corrected chi connectivity index (χ2v) is 9.25. The fraction of sp³-hybridized carbons (Fsp3) is 0.611. The molecule has 1 aromatic rings. The molecule has 0 aromatic carbocycles. The van der Waals surface area contributed by atoms with Gasteiger partial charge in [-0.15, -0.1) is 0 Å². The minimum Gasteiger partial charge on any atom is -0.459 e. The number of rotatable bonds is 8. The Morgan fingerprint density at radius 1 is 1.36 bits per heavy atom. The first-order valence-electron chi connectivity index (χ1n) is 9.15. The molecule has 0 radical (unpaired) electrons. The maximum Gasteiger partial charge on any atom is 0.329 e. The Labute approximate surface area is 164 Å². The van der Waals surface area contributed by atoms with Crippen LogP contribution in [0.25, 0.3) is 0 Å². The lowest BCUT2D eigenvalue weighted by atomic mass is 10.0. The number of likely N-dealkylation sites (N-methyl/N-ethyl adjacent to an activating group) is 1. The quantitative estimate of drug-likeness (QED) is 0.618. The second-order valence-electron chi connectivity index (χ2n) is 7.02. The highest BCUT2D eigenvalue weighted by Crippen LogP contribution is 2.18. The number of hydrogen-bond acceptors (Lipinski definition) is 7. The molecule has 156 valence electrons. The minimum absolute atomic E-state index is 0.0511. The van der Waals surface area contributed by atoms with Gasteiger partial charge in [0.25, 0.3) is 11.8 Å². The number of esters is 1. The average molecular weight is 414 g/mol. The first-order chi connectivity index (χ1) is 13.1. The van der Waals surface area contributed by atoms with Crippen molar-refractivity contribution in [2.24, 2.45) is 5.92 Å². The third-order valence-electron chi connectivity index (χ3n) is 4.60. The van der Waals surface area contributed by atoms with Crippen molar-refractivity contribution < 1.29 is 32.0 Å². The molecule has 1 aliphatic rings. The van der Waals surface area contributed by atoms with Gasteiger partial charge in [0.15, 0.2) is 22.2 Å². The van der Waals surface area contributed by atoms with Crippen molar-refractivity contribution in [2.75, 3.05) is 24.7 Å². The Morgan fingerprint density at radius 3 is 2.57 bits per heavy atom. The fourth-order valence-electron chi connectivity index (χ4n) is 3.08. The van der Waals surface area contributed by atoms with Gasteiger partial charge in [-0.1, -0.05) is 13.8 Å². The molecule has 1 fully saturated rings. The molecule has 9 nitrogen and oxygen atoms in total. The monoisotopic (exact) mass is 414 g/mol. The van der Waals surface area contributed by atoms with Gasteiger partial charge in [0.2, 0.25) is 0 Å². The van der Waals surface area contributed by atoms with Gasteiger partial charge in [0.1, 0.15) is 6.04 Å². The molecule has 10 heteroatoms. The van der Waals surface area contributed by atoms with Crippen LogP contribution >= 0.6 is 0 Å². The van der Waals surface area contributed by atoms with Gasteiger partial charge < -0.3 is 19.4 Å². The zero-order valence-corrected chi connectivity index (χ0v) is 17.0. The van der Waals surface area contributed by atoms with Gasteiger partial charge in [-0.3, -0.25) is 9.59 Å². The topological polar surface area (TPSA) is 123 Å². The molecule has 1 aliphatic heterocycles. The zero-order valence-electron chi connectivity index (χ0n) is 16.2. The van der Waals surface area contributed by atoms with Crippen LogP contribution in [0, 0.1) is 5.92 Å². The number of furan rings is 1. The average Bonchev–Trinajstić information content (AvgIpc) is 3.27. The third-order valence-corrected chi connectivity index (χ3v) is 6.35. The summed E-state index contributed by atoms with van der Waals surface area (Å²) in [5.74, 6) is -1.99. The number of amides is 2. The van der Waals surface area contributed by atoms with E-state index in [-0.39, 0.29) is 23.2 Å². The maximum atomic E-state index is 12.4. The molecule has 2 amide bonds. The molecule has 1 saturated heterocycles. The van der Waals surface area contributed by atoms with Crippen LogP contribution in [0.4, 0.5) is 0 Å². The van der Waals surface area contributed by atoms with E-state index in [1.807, 2.05) is 0 Å². The molecule has 2 rings (SSSR count). The van der Waals surface area contributed by atoms with Crippen molar-refractivity contribution in [3.05, 3.63) is 24.2 Å². The van der Waals surface area contributed by atoms with Crippen LogP contribution in [-0.4, -0.2) is 67.8 Å². The van der Waals surface area contributed by atoms with Crippen molar-refractivity contribution in [1.29, 1.82) is 0 Å². The number of nitrogens with one attached hydrogen (secondary N) is 1. The van der Waals surface area contributed by atoms with Crippen molar-refractivity contribution >= 4 is 27.6 Å². The SMILES string of the molecule is CCN(C(=O)COC(=O)C(NC(=O)c1ccco1)C(C)C)C1CCS(=O)(=O)C1. The Balaban J connectivity index is 1.93. The summed E-state index contributed by atoms with van der Waals surface area (Å²) in [6.07, 6.45) is 1.72. The molecular formula is C18H26N2O7S. The van der Waals surface area contributed by atoms with Crippen LogP contribution in [0.5, 0.6) is 0 Å². The second kappa shape index (κ2) is 9.22. The Morgan fingerprint density at radius 2 is 2.07 bits per heavy atom. The smallest absolute Gasteiger partial charge is 0.329 e. The summed E-state index contributed by atoms with van der Waals surface area (Å²) >= 11 is 0. The molecule has 28 heavy (non-hydrogen) atoms. The summed E-state index contributed by atoms with van der Waals surface area (Å²) in [5.41, 5.74) is 0. The zero-order chi connectivity index (χ0) is 20.9. The van der Waals surface area contributed by atoms with Gasteiger partial charge in [0, 0.05) is 12.6 Å². The van der Waals surface area contributed by atoms with E-state index in [0.717, 1.165) is 0 Å². The number of carbonyl (C=O) groups is 3. The Bertz CT molecular complexity index is 802. The molecular weight excluding hydrogens is 388 g/mol. The predicted octanol–water partition coefficient (Wildman–Crippen LogP) is 0.613. The third kappa shape index (κ3) is 5.57. The van der Waals surface area contributed by atoms with E-state index < -0.39 is 46.3 Å². The largest absolute Gasteiger partial charge is 0.459 e. The molecule has 2 unspecified atom stereocenters. The van der Waals surface area contributed by atoms with Gasteiger partial charge in [-0.25, -0.2) is 13.2 Å². The van der Waals surface area contributed by atoms with Gasteiger partial charge >= 0.3 is 5.97 Å². The van der Waals surface area contributed by atoms with Crippen LogP contribution in [0.15, 0.2) is 22.8 Å². The van der Waals surface area contributed by atoms with E-state index in [9.17, 15) is 22.8 Å². The fourth-order valence-corrected chi connectivity index (χ4v) is 4.81. The lowest BCUT2D eigenvalue weighted by Gasteiger charge is -2.27. The molecule has 2 atom stereocenters. The van der Waals surface area contributed by atoms with E-state index in [1.54, 1.807) is 26.8 Å². The summed E-state index contributed by atoms with van der Waals surface area (Å²) in [5, 5.41) is 2.54. The lowest BCUT2D eigenvalue weighted by Crippen LogP contribution is -2.47. The van der Waals surface area contributed by atoms with Crippen LogP contribution in [0.1, 0.15) is 37.7 Å². The first-order valence-corrected chi connectivity index (χ1v) is 11.0. The summed E-state index contributed by atoms with van der Waals surface area (Å²) in [6, 6.07) is 1.67. The summed E-state index contributed by atoms with van der Waals surface area (Å²) < 4.78 is 33.4. The summed E-state index contributed by atoms with van der Waals surface area (Å²) in [4.78, 5) is 38.4. The first kappa shape index (κ1) is 21.9. The molecule has 1 N–H and O–H groups in total. The van der Waals surface area contributed by atoms with Crippen LogP contribution < -0.4 is 5.32 Å². The van der Waals surface area contributed by atoms with Gasteiger partial charge in [0.05, 0.1) is 17.8 Å². The normalized spacial score (nSPS) is 19.2. The van der Waals surface area contributed by atoms with Crippen LogP contribution in [-0.2, 0) is 24.2 Å². The number of nitrogens with zero attached hydrogens (tertiary/aromatic N) is 1. The Hall–Kier alpha value is -2.36. The highest BCUT2D eigenvalue weighted by molar-refractivity contribution is 7.91. The minimum atomic E-state index is -3.13. The predicted molar refractivity (Wildman–Crippen MR) is 100 cm³/mol. The summed E-state index contributed by atoms with van der Waals surface area (Å²) in [6.45, 7) is 5.02. The summed E-state index contributed by atoms with van der Waals surface area (Å²) in [7, 11) is -3.13. The van der Waals surface area contributed by atoms with E-state index in [1.165, 1.54) is 17.2 Å². The van der Waals surface area contributed by atoms with Crippen LogP contribution in [0.2, 0.25) is 0 Å². The van der Waals surface area contributed by atoms with E-state index in [0.29, 0.717) is 13.0 Å². The lowest BCUT2D eigenvalue weighted by molar-refractivity contribution is -0.155. The van der Waals surface area contributed by atoms with E-state index in [2.05, 4.69) is 5.32 Å². The molecule has 1 aromatic heterocycles. The maximum absolute atomic E-state index is 12.4. The van der Waals surface area contributed by atoms with E-state index in [4.69, 9.17) is 9.15 Å². The highest BCUT2D eigenvalue weighted by atomic mass is 32.2. The molecule has 0 spiro atoms. The standard InChI is InChI=1S/C18H26N2O7S/c1-4-20(13-7-9-28(24,25)11-13)15(21)10-27-18(23)16(12(2)3)19-17(22)14-6-5-8-26-14/h5-6,8,12-13,16H,4,7,9-11H2,1-3H3,(H,19,22). The van der Waals surface area contributed by atoms with Crippen molar-refractivity contribution in [3.8, 4) is 0 Å². The van der Waals surface area contributed by atoms with Gasteiger partial charge in [-0.2, -0.15) is 0 Å².